The van der Waals surface area contributed by atoms with Crippen molar-refractivity contribution in [2.24, 2.45) is 0 Å². The van der Waals surface area contributed by atoms with E-state index in [9.17, 15) is 0 Å². The average molecular weight is 294 g/mol. The Kier molecular flexibility index (Phi) is 4.24. The summed E-state index contributed by atoms with van der Waals surface area (Å²) >= 11 is 6.35. The van der Waals surface area contributed by atoms with Crippen LogP contribution < -0.4 is 5.32 Å². The second-order valence-corrected chi connectivity index (χ2v) is 5.60. The molecule has 0 radical (unpaired) electrons. The van der Waals surface area contributed by atoms with Crippen molar-refractivity contribution in [3.8, 4) is 0 Å². The van der Waals surface area contributed by atoms with E-state index in [-0.39, 0.29) is 6.10 Å². The molecule has 1 unspecified atom stereocenters. The summed E-state index contributed by atoms with van der Waals surface area (Å²) in [5, 5.41) is 4.14. The molecule has 4 nitrogen and oxygen atoms in total. The fraction of sp³-hybridized carbons (Fsp3) is 0.533. The highest BCUT2D eigenvalue weighted by Gasteiger charge is 2.19. The number of hydrogen-bond donors (Lipinski definition) is 1. The number of aryl methyl sites for hydroxylation is 1. The minimum Gasteiger partial charge on any atom is -0.375 e. The Hall–Kier alpha value is -1.10. The van der Waals surface area contributed by atoms with Crippen LogP contribution in [-0.2, 0) is 17.7 Å². The lowest BCUT2D eigenvalue weighted by Crippen LogP contribution is -2.40. The Morgan fingerprint density at radius 2 is 2.40 bits per heavy atom. The van der Waals surface area contributed by atoms with Crippen LogP contribution in [0.1, 0.15) is 19.2 Å². The smallest absolute Gasteiger partial charge is 0.112 e. The first kappa shape index (κ1) is 13.9. The van der Waals surface area contributed by atoms with Crippen LogP contribution in [0.15, 0.2) is 18.2 Å². The summed E-state index contributed by atoms with van der Waals surface area (Å²) in [6.45, 7) is 5.72. The molecule has 1 aliphatic heterocycles. The van der Waals surface area contributed by atoms with E-state index in [0.29, 0.717) is 0 Å². The molecule has 0 bridgehead atoms. The molecule has 1 aromatic heterocycles. The van der Waals surface area contributed by atoms with Gasteiger partial charge in [0.2, 0.25) is 0 Å². The van der Waals surface area contributed by atoms with Gasteiger partial charge in [0, 0.05) is 26.1 Å². The van der Waals surface area contributed by atoms with Crippen LogP contribution in [0, 0.1) is 0 Å². The van der Waals surface area contributed by atoms with Gasteiger partial charge in [-0.3, -0.25) is 0 Å². The summed E-state index contributed by atoms with van der Waals surface area (Å²) in [6.07, 6.45) is 2.10. The van der Waals surface area contributed by atoms with Crippen LogP contribution in [-0.4, -0.2) is 35.4 Å². The first-order valence-corrected chi connectivity index (χ1v) is 7.63. The lowest BCUT2D eigenvalue weighted by molar-refractivity contribution is 0.0276. The summed E-state index contributed by atoms with van der Waals surface area (Å²) in [5.41, 5.74) is 2.03. The molecule has 2 heterocycles. The van der Waals surface area contributed by atoms with Crippen molar-refractivity contribution in [1.29, 1.82) is 0 Å². The van der Waals surface area contributed by atoms with Gasteiger partial charge in [-0.25, -0.2) is 4.98 Å². The second-order valence-electron chi connectivity index (χ2n) is 5.19. The topological polar surface area (TPSA) is 39.1 Å². The number of halogens is 1. The Bertz CT molecular complexity index is 590. The maximum atomic E-state index is 6.35. The van der Waals surface area contributed by atoms with Crippen molar-refractivity contribution in [1.82, 2.24) is 14.9 Å². The van der Waals surface area contributed by atoms with Gasteiger partial charge in [-0.05, 0) is 18.6 Å². The number of rotatable bonds is 4. The van der Waals surface area contributed by atoms with E-state index in [1.807, 2.05) is 18.2 Å². The molecule has 2 aromatic rings. The SMILES string of the molecule is CCCn1c(CC2CNCCO2)nc2cccc(Cl)c21. The first-order valence-electron chi connectivity index (χ1n) is 7.25. The number of benzene rings is 1. The molecule has 0 amide bonds. The molecular formula is C15H20ClN3O. The minimum absolute atomic E-state index is 0.204. The maximum absolute atomic E-state index is 6.35. The molecule has 108 valence electrons. The van der Waals surface area contributed by atoms with Crippen molar-refractivity contribution in [3.05, 3.63) is 29.0 Å². The highest BCUT2D eigenvalue weighted by Crippen LogP contribution is 2.25. The van der Waals surface area contributed by atoms with Crippen LogP contribution in [0.25, 0.3) is 11.0 Å². The molecule has 1 aromatic carbocycles. The first-order chi connectivity index (χ1) is 9.79. The van der Waals surface area contributed by atoms with Crippen LogP contribution in [0.5, 0.6) is 0 Å². The van der Waals surface area contributed by atoms with Crippen molar-refractivity contribution < 1.29 is 4.74 Å². The standard InChI is InChI=1S/C15H20ClN3O/c1-2-7-19-14(9-11-10-17-6-8-20-11)18-13-5-3-4-12(16)15(13)19/h3-5,11,17H,2,6-10H2,1H3. The number of nitrogens with zero attached hydrogens (tertiary/aromatic N) is 2. The number of morpholine rings is 1. The van der Waals surface area contributed by atoms with Gasteiger partial charge in [0.05, 0.1) is 28.8 Å². The van der Waals surface area contributed by atoms with E-state index < -0.39 is 0 Å². The summed E-state index contributed by atoms with van der Waals surface area (Å²) in [7, 11) is 0. The van der Waals surface area contributed by atoms with E-state index >= 15 is 0 Å². The second kappa shape index (κ2) is 6.12. The van der Waals surface area contributed by atoms with Gasteiger partial charge in [-0.2, -0.15) is 0 Å². The van der Waals surface area contributed by atoms with E-state index in [4.69, 9.17) is 21.3 Å². The molecule has 5 heteroatoms. The largest absolute Gasteiger partial charge is 0.375 e. The van der Waals surface area contributed by atoms with E-state index in [1.54, 1.807) is 0 Å². The average Bonchev–Trinajstić information content (AvgIpc) is 2.80. The zero-order chi connectivity index (χ0) is 13.9. The van der Waals surface area contributed by atoms with Crippen LogP contribution >= 0.6 is 11.6 Å². The quantitative estimate of drug-likeness (QED) is 0.942. The van der Waals surface area contributed by atoms with Gasteiger partial charge in [0.15, 0.2) is 0 Å². The number of imidazole rings is 1. The predicted octanol–water partition coefficient (Wildman–Crippen LogP) is 2.63. The Labute approximate surface area is 124 Å². The highest BCUT2D eigenvalue weighted by molar-refractivity contribution is 6.35. The molecule has 20 heavy (non-hydrogen) atoms. The number of nitrogens with one attached hydrogen (secondary N) is 1. The van der Waals surface area contributed by atoms with Gasteiger partial charge in [0.1, 0.15) is 5.82 Å². The van der Waals surface area contributed by atoms with E-state index in [0.717, 1.165) is 61.0 Å². The van der Waals surface area contributed by atoms with Crippen LogP contribution in [0.4, 0.5) is 0 Å². The molecule has 0 aliphatic carbocycles. The molecule has 1 atom stereocenters. The number of fused-ring (bicyclic) bond motifs is 1. The highest BCUT2D eigenvalue weighted by atomic mass is 35.5. The zero-order valence-electron chi connectivity index (χ0n) is 11.7. The molecule has 0 saturated carbocycles. The van der Waals surface area contributed by atoms with Gasteiger partial charge < -0.3 is 14.6 Å². The van der Waals surface area contributed by atoms with Gasteiger partial charge in [-0.15, -0.1) is 0 Å². The Balaban J connectivity index is 1.96. The summed E-state index contributed by atoms with van der Waals surface area (Å²) in [5.74, 6) is 1.07. The summed E-state index contributed by atoms with van der Waals surface area (Å²) in [4.78, 5) is 4.76. The third-order valence-electron chi connectivity index (χ3n) is 3.66. The third kappa shape index (κ3) is 2.68. The number of aromatic nitrogens is 2. The van der Waals surface area contributed by atoms with Crippen molar-refractivity contribution >= 4 is 22.6 Å². The fourth-order valence-electron chi connectivity index (χ4n) is 2.76. The van der Waals surface area contributed by atoms with Crippen molar-refractivity contribution in [2.45, 2.75) is 32.4 Å². The number of hydrogen-bond acceptors (Lipinski definition) is 3. The van der Waals surface area contributed by atoms with Crippen LogP contribution in [0.2, 0.25) is 5.02 Å². The molecule has 3 rings (SSSR count). The lowest BCUT2D eigenvalue weighted by Gasteiger charge is -2.23. The number of para-hydroxylation sites is 1. The Morgan fingerprint density at radius 3 is 3.15 bits per heavy atom. The van der Waals surface area contributed by atoms with Gasteiger partial charge in [0.25, 0.3) is 0 Å². The summed E-state index contributed by atoms with van der Waals surface area (Å²) < 4.78 is 8.04. The summed E-state index contributed by atoms with van der Waals surface area (Å²) in [6, 6.07) is 5.91. The van der Waals surface area contributed by atoms with Crippen LogP contribution in [0.3, 0.4) is 0 Å². The monoisotopic (exact) mass is 293 g/mol. The predicted molar refractivity (Wildman–Crippen MR) is 81.3 cm³/mol. The number of ether oxygens (including phenoxy) is 1. The van der Waals surface area contributed by atoms with Crippen molar-refractivity contribution in [3.63, 3.8) is 0 Å². The zero-order valence-corrected chi connectivity index (χ0v) is 12.5. The molecule has 1 fully saturated rings. The molecule has 1 aliphatic rings. The molecule has 1 saturated heterocycles. The molecular weight excluding hydrogens is 274 g/mol. The lowest BCUT2D eigenvalue weighted by atomic mass is 10.2. The van der Waals surface area contributed by atoms with Crippen molar-refractivity contribution in [2.75, 3.05) is 19.7 Å². The molecule has 0 spiro atoms. The molecule has 1 N–H and O–H groups in total. The van der Waals surface area contributed by atoms with Gasteiger partial charge in [-0.1, -0.05) is 24.6 Å². The normalized spacial score (nSPS) is 19.6. The fourth-order valence-corrected chi connectivity index (χ4v) is 3.04. The third-order valence-corrected chi connectivity index (χ3v) is 3.96. The minimum atomic E-state index is 0.204. The van der Waals surface area contributed by atoms with E-state index in [1.165, 1.54) is 0 Å². The maximum Gasteiger partial charge on any atom is 0.112 e. The van der Waals surface area contributed by atoms with E-state index in [2.05, 4.69) is 16.8 Å². The van der Waals surface area contributed by atoms with Gasteiger partial charge >= 0.3 is 0 Å². The Morgan fingerprint density at radius 1 is 1.50 bits per heavy atom.